The van der Waals surface area contributed by atoms with Gasteiger partial charge in [-0.3, -0.25) is 9.59 Å². The molecule has 3 aliphatic carbocycles. The largest absolute Gasteiger partial charge is 0.289 e. The summed E-state index contributed by atoms with van der Waals surface area (Å²) < 4.78 is 1.57. The SMILES string of the molecule is CC(C)(C)C1=CC(=C2C(=C3C=C(C(C)(C)C)C(=O)C(C(C)(C)C)=C3)C2=c2ccc(=C(C#N)C#N)s2)C=C(C(C)(C)C)C1=O. The van der Waals surface area contributed by atoms with Crippen LogP contribution in [0.5, 0.6) is 0 Å². The van der Waals surface area contributed by atoms with Gasteiger partial charge < -0.3 is 0 Å². The van der Waals surface area contributed by atoms with Gasteiger partial charge in [0.1, 0.15) is 17.7 Å². The second kappa shape index (κ2) is 10.4. The Morgan fingerprint density at radius 1 is 0.558 bits per heavy atom. The molecular formula is C38H42N2O2S. The molecule has 1 fully saturated rings. The lowest BCUT2D eigenvalue weighted by Crippen LogP contribution is -2.28. The van der Waals surface area contributed by atoms with Crippen molar-refractivity contribution in [2.75, 3.05) is 0 Å². The van der Waals surface area contributed by atoms with Crippen LogP contribution in [0.2, 0.25) is 0 Å². The Bertz CT molecular complexity index is 1690. The maximum atomic E-state index is 13.7. The zero-order valence-corrected chi connectivity index (χ0v) is 28.4. The van der Waals surface area contributed by atoms with Crippen molar-refractivity contribution in [1.82, 2.24) is 0 Å². The number of carbonyl (C=O) groups excluding carboxylic acids is 2. The molecule has 0 atom stereocenters. The maximum absolute atomic E-state index is 13.7. The molecule has 0 aliphatic heterocycles. The second-order valence-electron chi connectivity index (χ2n) is 15.7. The van der Waals surface area contributed by atoms with Crippen LogP contribution in [0.3, 0.4) is 0 Å². The van der Waals surface area contributed by atoms with Crippen molar-refractivity contribution in [1.29, 1.82) is 10.5 Å². The maximum Gasteiger partial charge on any atom is 0.186 e. The Balaban J connectivity index is 2.22. The quantitative estimate of drug-likeness (QED) is 0.309. The van der Waals surface area contributed by atoms with Gasteiger partial charge >= 0.3 is 0 Å². The van der Waals surface area contributed by atoms with Gasteiger partial charge in [0.2, 0.25) is 0 Å². The molecule has 4 nitrogen and oxygen atoms in total. The Morgan fingerprint density at radius 3 is 1.16 bits per heavy atom. The fourth-order valence-corrected chi connectivity index (χ4v) is 6.54. The van der Waals surface area contributed by atoms with Gasteiger partial charge in [-0.05, 0) is 80.4 Å². The third kappa shape index (κ3) is 6.02. The highest BCUT2D eigenvalue weighted by Gasteiger charge is 2.42. The van der Waals surface area contributed by atoms with Crippen LogP contribution in [0.4, 0.5) is 0 Å². The Hall–Kier alpha value is -3.80. The van der Waals surface area contributed by atoms with E-state index >= 15 is 0 Å². The van der Waals surface area contributed by atoms with Crippen molar-refractivity contribution in [3.05, 3.63) is 90.1 Å². The van der Waals surface area contributed by atoms with Gasteiger partial charge in [-0.15, -0.1) is 11.3 Å². The van der Waals surface area contributed by atoms with Gasteiger partial charge in [-0.1, -0.05) is 83.1 Å². The molecule has 0 bridgehead atoms. The fourth-order valence-electron chi connectivity index (χ4n) is 5.53. The number of ketones is 2. The van der Waals surface area contributed by atoms with E-state index in [-0.39, 0.29) is 38.8 Å². The lowest BCUT2D eigenvalue weighted by atomic mass is 9.71. The van der Waals surface area contributed by atoms with E-state index in [2.05, 4.69) is 83.1 Å². The first kappa shape index (κ1) is 32.1. The zero-order valence-electron chi connectivity index (χ0n) is 27.6. The minimum Gasteiger partial charge on any atom is -0.289 e. The summed E-state index contributed by atoms with van der Waals surface area (Å²) in [4.78, 5) is 27.5. The molecule has 5 heteroatoms. The summed E-state index contributed by atoms with van der Waals surface area (Å²) in [6.07, 6.45) is 8.14. The predicted molar refractivity (Wildman–Crippen MR) is 176 cm³/mol. The molecule has 0 unspecified atom stereocenters. The number of allylic oxidation sites excluding steroid dienone is 12. The van der Waals surface area contributed by atoms with Crippen molar-refractivity contribution in [3.8, 4) is 12.1 Å². The van der Waals surface area contributed by atoms with Crippen molar-refractivity contribution in [3.63, 3.8) is 0 Å². The average Bonchev–Trinajstić information content (AvgIpc) is 3.41. The minimum atomic E-state index is -0.356. The summed E-state index contributed by atoms with van der Waals surface area (Å²) in [5.41, 5.74) is 6.79. The second-order valence-corrected chi connectivity index (χ2v) is 16.8. The van der Waals surface area contributed by atoms with E-state index in [1.165, 1.54) is 11.3 Å². The van der Waals surface area contributed by atoms with Crippen LogP contribution in [-0.4, -0.2) is 11.6 Å². The van der Waals surface area contributed by atoms with E-state index in [0.29, 0.717) is 4.53 Å². The van der Waals surface area contributed by atoms with Crippen LogP contribution in [0.1, 0.15) is 83.1 Å². The number of carbonyl (C=O) groups is 2. The highest BCUT2D eigenvalue weighted by molar-refractivity contribution is 7.08. The topological polar surface area (TPSA) is 81.7 Å². The number of hydrogen-bond donors (Lipinski definition) is 0. The summed E-state index contributed by atoms with van der Waals surface area (Å²) in [5.74, 6) is 0.157. The first-order valence-corrected chi connectivity index (χ1v) is 15.6. The molecule has 1 heterocycles. The number of Topliss-reactive ketones (excluding diaryl/α,β-unsaturated/α-hetero) is 2. The summed E-state index contributed by atoms with van der Waals surface area (Å²) in [7, 11) is 0. The van der Waals surface area contributed by atoms with Crippen molar-refractivity contribution >= 4 is 34.0 Å². The summed E-state index contributed by atoms with van der Waals surface area (Å²) in [6, 6.07) is 7.81. The first-order valence-electron chi connectivity index (χ1n) is 14.7. The van der Waals surface area contributed by atoms with Crippen LogP contribution in [0.15, 0.2) is 81.0 Å². The Morgan fingerprint density at radius 2 is 0.884 bits per heavy atom. The molecular weight excluding hydrogens is 548 g/mol. The Kier molecular flexibility index (Phi) is 7.79. The van der Waals surface area contributed by atoms with Crippen molar-refractivity contribution in [2.24, 2.45) is 21.7 Å². The van der Waals surface area contributed by atoms with Crippen molar-refractivity contribution < 1.29 is 9.59 Å². The molecule has 0 amide bonds. The predicted octanol–water partition coefficient (Wildman–Crippen LogP) is 7.76. The van der Waals surface area contributed by atoms with Gasteiger partial charge in [0.15, 0.2) is 11.6 Å². The number of hydrogen-bond acceptors (Lipinski definition) is 5. The molecule has 0 saturated heterocycles. The molecule has 4 rings (SSSR count). The van der Waals surface area contributed by atoms with E-state index in [4.69, 9.17) is 0 Å². The normalized spacial score (nSPS) is 18.1. The lowest BCUT2D eigenvalue weighted by molar-refractivity contribution is -0.114. The van der Waals surface area contributed by atoms with Gasteiger partial charge in [-0.25, -0.2) is 0 Å². The first-order chi connectivity index (χ1) is 19.6. The average molecular weight is 591 g/mol. The molecule has 0 radical (unpaired) electrons. The minimum absolute atomic E-state index is 0.0783. The van der Waals surface area contributed by atoms with Crippen LogP contribution in [0, 0.1) is 44.3 Å². The van der Waals surface area contributed by atoms with Gasteiger partial charge in [0.25, 0.3) is 0 Å². The van der Waals surface area contributed by atoms with Crippen LogP contribution < -0.4 is 9.06 Å². The van der Waals surface area contributed by atoms with E-state index in [9.17, 15) is 20.1 Å². The van der Waals surface area contributed by atoms with E-state index in [0.717, 1.165) is 54.7 Å². The smallest absolute Gasteiger partial charge is 0.186 e. The molecule has 222 valence electrons. The van der Waals surface area contributed by atoms with E-state index < -0.39 is 0 Å². The molecule has 1 saturated carbocycles. The third-order valence-corrected chi connectivity index (χ3v) is 9.12. The standard InChI is InChI=1S/C38H42N2O2S/c1-35(2,3)24-15-21(16-25(33(24)41)36(4,5)6)30-31(32(30)29-14-13-28(43-29)23(19-39)20-40)22-17-26(37(7,8)9)34(42)27(18-22)38(10,11)12/h13-18H,1-12H3. The monoisotopic (exact) mass is 590 g/mol. The molecule has 1 aromatic heterocycles. The number of nitrogens with zero attached hydrogens (tertiary/aromatic N) is 2. The molecule has 0 spiro atoms. The van der Waals surface area contributed by atoms with Crippen LogP contribution >= 0.6 is 11.3 Å². The highest BCUT2D eigenvalue weighted by Crippen LogP contribution is 2.54. The van der Waals surface area contributed by atoms with E-state index in [1.54, 1.807) is 0 Å². The van der Waals surface area contributed by atoms with Crippen LogP contribution in [0.25, 0.3) is 11.1 Å². The van der Waals surface area contributed by atoms with Crippen LogP contribution in [-0.2, 0) is 9.59 Å². The highest BCUT2D eigenvalue weighted by atomic mass is 32.1. The lowest BCUT2D eigenvalue weighted by Gasteiger charge is -2.31. The molecule has 0 aromatic carbocycles. The van der Waals surface area contributed by atoms with Crippen molar-refractivity contribution in [2.45, 2.75) is 83.1 Å². The number of thiophene rings is 1. The molecule has 1 aromatic rings. The molecule has 3 aliphatic rings. The van der Waals surface area contributed by atoms with Gasteiger partial charge in [-0.2, -0.15) is 10.5 Å². The number of rotatable bonds is 0. The summed E-state index contributed by atoms with van der Waals surface area (Å²) >= 11 is 1.42. The van der Waals surface area contributed by atoms with Gasteiger partial charge in [0, 0.05) is 32.4 Å². The Labute approximate surface area is 260 Å². The van der Waals surface area contributed by atoms with E-state index in [1.807, 2.05) is 48.6 Å². The molecule has 43 heavy (non-hydrogen) atoms. The molecule has 0 N–H and O–H groups in total. The summed E-state index contributed by atoms with van der Waals surface area (Å²) in [5, 5.41) is 19.0. The number of nitriles is 2. The zero-order chi connectivity index (χ0) is 32.4. The fraction of sp³-hybridized carbons (Fsp3) is 0.421. The third-order valence-electron chi connectivity index (χ3n) is 8.00. The van der Waals surface area contributed by atoms with Gasteiger partial charge in [0.05, 0.1) is 4.53 Å². The summed E-state index contributed by atoms with van der Waals surface area (Å²) in [6.45, 7) is 24.8.